The van der Waals surface area contributed by atoms with E-state index in [1.165, 1.54) is 5.92 Å². The molecule has 0 spiro atoms. The molecule has 0 fully saturated rings. The van der Waals surface area contributed by atoms with Gasteiger partial charge in [0, 0.05) is 0 Å². The highest BCUT2D eigenvalue weighted by Gasteiger charge is 2.09. The third-order valence-corrected chi connectivity index (χ3v) is 0.794. The summed E-state index contributed by atoms with van der Waals surface area (Å²) in [6.45, 7) is 11.1. The van der Waals surface area contributed by atoms with Crippen molar-refractivity contribution in [2.45, 2.75) is 40.2 Å². The third kappa shape index (κ3) is 7.96. The lowest BCUT2D eigenvalue weighted by Gasteiger charge is -2.20. The van der Waals surface area contributed by atoms with Crippen molar-refractivity contribution in [2.75, 3.05) is 6.61 Å². The summed E-state index contributed by atoms with van der Waals surface area (Å²) < 4.78 is 5.45. The standard InChI is InChI=1S/C8H17O/c1-7(2)6-9-8(3,4)5/h6H2,1-5H3. The molecule has 1 radical (unpaired) electrons. The van der Waals surface area contributed by atoms with Crippen molar-refractivity contribution in [1.29, 1.82) is 0 Å². The van der Waals surface area contributed by atoms with E-state index >= 15 is 0 Å². The highest BCUT2D eigenvalue weighted by Crippen LogP contribution is 2.09. The molecule has 0 heterocycles. The molecule has 0 aliphatic carbocycles. The second-order valence-electron chi connectivity index (χ2n) is 3.61. The molecule has 0 aromatic heterocycles. The Bertz CT molecular complexity index is 69.1. The molecule has 0 aromatic carbocycles. The first-order chi connectivity index (χ1) is 3.92. The molecule has 1 heteroatoms. The van der Waals surface area contributed by atoms with Crippen molar-refractivity contribution >= 4 is 0 Å². The van der Waals surface area contributed by atoms with Gasteiger partial charge in [0.2, 0.25) is 0 Å². The molecule has 55 valence electrons. The van der Waals surface area contributed by atoms with Crippen molar-refractivity contribution in [3.8, 4) is 0 Å². The Balaban J connectivity index is 3.28. The summed E-state index contributed by atoms with van der Waals surface area (Å²) in [5.41, 5.74) is 0.0112. The van der Waals surface area contributed by atoms with Gasteiger partial charge in [-0.2, -0.15) is 0 Å². The van der Waals surface area contributed by atoms with Crippen molar-refractivity contribution in [3.05, 3.63) is 5.92 Å². The Kier molecular flexibility index (Phi) is 3.20. The third-order valence-electron chi connectivity index (χ3n) is 0.794. The van der Waals surface area contributed by atoms with Crippen LogP contribution in [0.2, 0.25) is 0 Å². The van der Waals surface area contributed by atoms with E-state index in [0.717, 1.165) is 6.61 Å². The van der Waals surface area contributed by atoms with Gasteiger partial charge in [0.1, 0.15) is 0 Å². The largest absolute Gasteiger partial charge is 0.375 e. The van der Waals surface area contributed by atoms with E-state index < -0.39 is 0 Å². The predicted molar refractivity (Wildman–Crippen MR) is 40.3 cm³/mol. The summed E-state index contributed by atoms with van der Waals surface area (Å²) in [5, 5.41) is 0. The van der Waals surface area contributed by atoms with Gasteiger partial charge in [-0.3, -0.25) is 0 Å². The fourth-order valence-electron chi connectivity index (χ4n) is 0.361. The van der Waals surface area contributed by atoms with Gasteiger partial charge in [0.25, 0.3) is 0 Å². The van der Waals surface area contributed by atoms with Gasteiger partial charge < -0.3 is 4.74 Å². The summed E-state index contributed by atoms with van der Waals surface area (Å²) in [6.07, 6.45) is 0. The highest BCUT2D eigenvalue weighted by molar-refractivity contribution is 4.77. The minimum atomic E-state index is 0.0112. The van der Waals surface area contributed by atoms with Crippen molar-refractivity contribution in [2.24, 2.45) is 0 Å². The lowest BCUT2D eigenvalue weighted by molar-refractivity contribution is 0.00424. The van der Waals surface area contributed by atoms with Crippen LogP contribution in [-0.4, -0.2) is 12.2 Å². The van der Waals surface area contributed by atoms with E-state index in [9.17, 15) is 0 Å². The highest BCUT2D eigenvalue weighted by atomic mass is 16.5. The van der Waals surface area contributed by atoms with E-state index in [4.69, 9.17) is 4.74 Å². The normalized spacial score (nSPS) is 12.7. The van der Waals surface area contributed by atoms with Crippen LogP contribution in [0.25, 0.3) is 0 Å². The summed E-state index contributed by atoms with van der Waals surface area (Å²) >= 11 is 0. The van der Waals surface area contributed by atoms with Gasteiger partial charge in [-0.15, -0.1) is 0 Å². The monoisotopic (exact) mass is 129 g/mol. The molecule has 0 aliphatic rings. The van der Waals surface area contributed by atoms with Crippen LogP contribution in [0.1, 0.15) is 34.6 Å². The molecule has 0 bridgehead atoms. The molecule has 0 rings (SSSR count). The lowest BCUT2D eigenvalue weighted by atomic mass is 10.2. The van der Waals surface area contributed by atoms with Crippen molar-refractivity contribution < 1.29 is 4.74 Å². The summed E-state index contributed by atoms with van der Waals surface area (Å²) in [5.74, 6) is 1.32. The molecule has 0 saturated heterocycles. The van der Waals surface area contributed by atoms with Crippen LogP contribution in [0.3, 0.4) is 0 Å². The fourth-order valence-corrected chi connectivity index (χ4v) is 0.361. The summed E-state index contributed by atoms with van der Waals surface area (Å²) in [7, 11) is 0. The second-order valence-corrected chi connectivity index (χ2v) is 3.61. The molecular formula is C8H17O. The van der Waals surface area contributed by atoms with Gasteiger partial charge in [-0.25, -0.2) is 0 Å². The number of rotatable bonds is 2. The van der Waals surface area contributed by atoms with E-state index in [2.05, 4.69) is 34.6 Å². The molecule has 0 aromatic rings. The first-order valence-electron chi connectivity index (χ1n) is 3.35. The zero-order valence-corrected chi connectivity index (χ0v) is 7.12. The Morgan fingerprint density at radius 3 is 1.78 bits per heavy atom. The molecule has 9 heavy (non-hydrogen) atoms. The Morgan fingerprint density at radius 2 is 1.67 bits per heavy atom. The van der Waals surface area contributed by atoms with Gasteiger partial charge in [0.05, 0.1) is 12.2 Å². The Morgan fingerprint density at radius 1 is 1.22 bits per heavy atom. The summed E-state index contributed by atoms with van der Waals surface area (Å²) in [4.78, 5) is 0. The van der Waals surface area contributed by atoms with Gasteiger partial charge in [-0.05, 0) is 26.7 Å². The zero-order valence-electron chi connectivity index (χ0n) is 7.12. The Labute approximate surface area is 58.4 Å². The SMILES string of the molecule is C[C](C)COC(C)(C)C. The maximum absolute atomic E-state index is 5.45. The maximum Gasteiger partial charge on any atom is 0.0598 e. The van der Waals surface area contributed by atoms with Crippen molar-refractivity contribution in [3.63, 3.8) is 0 Å². The van der Waals surface area contributed by atoms with Crippen LogP contribution in [0, 0.1) is 5.92 Å². The maximum atomic E-state index is 5.45. The molecule has 0 atom stereocenters. The van der Waals surface area contributed by atoms with E-state index in [0.29, 0.717) is 0 Å². The number of hydrogen-bond donors (Lipinski definition) is 0. The van der Waals surface area contributed by atoms with Gasteiger partial charge >= 0.3 is 0 Å². The number of hydrogen-bond acceptors (Lipinski definition) is 1. The minimum Gasteiger partial charge on any atom is -0.375 e. The summed E-state index contributed by atoms with van der Waals surface area (Å²) in [6, 6.07) is 0. The van der Waals surface area contributed by atoms with Crippen molar-refractivity contribution in [1.82, 2.24) is 0 Å². The zero-order chi connectivity index (χ0) is 7.49. The molecule has 0 aliphatic heterocycles. The van der Waals surface area contributed by atoms with Crippen LogP contribution in [0.5, 0.6) is 0 Å². The number of ether oxygens (including phenoxy) is 1. The molecule has 0 unspecified atom stereocenters. The second kappa shape index (κ2) is 3.21. The van der Waals surface area contributed by atoms with E-state index in [1.807, 2.05) is 0 Å². The molecule has 0 N–H and O–H groups in total. The van der Waals surface area contributed by atoms with Crippen LogP contribution in [0.15, 0.2) is 0 Å². The van der Waals surface area contributed by atoms with Crippen LogP contribution in [0.4, 0.5) is 0 Å². The lowest BCUT2D eigenvalue weighted by Crippen LogP contribution is -2.21. The van der Waals surface area contributed by atoms with Crippen LogP contribution in [-0.2, 0) is 4.74 Å². The predicted octanol–water partition coefficient (Wildman–Crippen LogP) is 2.42. The van der Waals surface area contributed by atoms with Crippen LogP contribution >= 0.6 is 0 Å². The average molecular weight is 129 g/mol. The topological polar surface area (TPSA) is 9.23 Å². The molecule has 0 saturated carbocycles. The first-order valence-corrected chi connectivity index (χ1v) is 3.35. The molecule has 0 amide bonds. The quantitative estimate of drug-likeness (QED) is 0.556. The van der Waals surface area contributed by atoms with E-state index in [-0.39, 0.29) is 5.60 Å². The van der Waals surface area contributed by atoms with E-state index in [1.54, 1.807) is 0 Å². The smallest absolute Gasteiger partial charge is 0.0598 e. The molecular weight excluding hydrogens is 112 g/mol. The Hall–Kier alpha value is -0.0400. The molecule has 1 nitrogen and oxygen atoms in total. The first kappa shape index (κ1) is 8.96. The van der Waals surface area contributed by atoms with Crippen LogP contribution < -0.4 is 0 Å². The fraction of sp³-hybridized carbons (Fsp3) is 0.875. The van der Waals surface area contributed by atoms with Gasteiger partial charge in [-0.1, -0.05) is 13.8 Å². The average Bonchev–Trinajstić information content (AvgIpc) is 1.59. The van der Waals surface area contributed by atoms with Gasteiger partial charge in [0.15, 0.2) is 0 Å². The minimum absolute atomic E-state index is 0.0112.